The van der Waals surface area contributed by atoms with E-state index in [1.54, 1.807) is 6.20 Å². The van der Waals surface area contributed by atoms with Crippen LogP contribution in [0.1, 0.15) is 55.7 Å². The summed E-state index contributed by atoms with van der Waals surface area (Å²) < 4.78 is 13.6. The van der Waals surface area contributed by atoms with Crippen molar-refractivity contribution in [3.63, 3.8) is 0 Å². The lowest BCUT2D eigenvalue weighted by molar-refractivity contribution is -0.158. The minimum Gasteiger partial charge on any atom is -0.474 e. The van der Waals surface area contributed by atoms with Crippen molar-refractivity contribution in [3.8, 4) is 11.6 Å². The van der Waals surface area contributed by atoms with Crippen molar-refractivity contribution in [3.05, 3.63) is 64.8 Å². The predicted molar refractivity (Wildman–Crippen MR) is 134 cm³/mol. The SMILES string of the molecule is CC1(C(=O)N[C@@H]2Cc3cc(Cl)ccc3-n3c(nnc3[C@H]3CC[C@H](Oc4ccccn4)CC3)C2)COC1. The number of pyridine rings is 1. The first kappa shape index (κ1) is 23.4. The molecule has 1 N–H and O–H groups in total. The summed E-state index contributed by atoms with van der Waals surface area (Å²) in [6, 6.07) is 11.6. The van der Waals surface area contributed by atoms with Crippen LogP contribution in [0.5, 0.6) is 5.88 Å². The number of amides is 1. The number of carbonyl (C=O) groups excluding carboxylic acids is 1. The number of hydrogen-bond acceptors (Lipinski definition) is 6. The number of nitrogens with one attached hydrogen (secondary N) is 1. The van der Waals surface area contributed by atoms with Crippen LogP contribution < -0.4 is 10.1 Å². The molecule has 2 aliphatic heterocycles. The van der Waals surface area contributed by atoms with Gasteiger partial charge in [-0.05, 0) is 68.9 Å². The fourth-order valence-corrected chi connectivity index (χ4v) is 5.71. The fraction of sp³-hybridized carbons (Fsp3) is 0.481. The second-order valence-corrected chi connectivity index (χ2v) is 10.9. The molecule has 3 aliphatic rings. The van der Waals surface area contributed by atoms with Gasteiger partial charge in [0.15, 0.2) is 0 Å². The monoisotopic (exact) mass is 507 g/mol. The lowest BCUT2D eigenvalue weighted by Gasteiger charge is -2.37. The molecule has 8 nitrogen and oxygen atoms in total. The van der Waals surface area contributed by atoms with Crippen molar-refractivity contribution in [2.24, 2.45) is 5.41 Å². The minimum atomic E-state index is -0.460. The van der Waals surface area contributed by atoms with E-state index >= 15 is 0 Å². The molecule has 36 heavy (non-hydrogen) atoms. The molecule has 1 aromatic carbocycles. The van der Waals surface area contributed by atoms with Crippen LogP contribution in [0, 0.1) is 5.41 Å². The Balaban J connectivity index is 1.23. The largest absolute Gasteiger partial charge is 0.474 e. The molecule has 4 heterocycles. The van der Waals surface area contributed by atoms with Crippen molar-refractivity contribution in [2.45, 2.75) is 63.5 Å². The van der Waals surface area contributed by atoms with Crippen LogP contribution in [0.15, 0.2) is 42.6 Å². The first-order chi connectivity index (χ1) is 17.5. The third kappa shape index (κ3) is 4.48. The van der Waals surface area contributed by atoms with E-state index in [0.717, 1.165) is 48.6 Å². The maximum absolute atomic E-state index is 13.0. The van der Waals surface area contributed by atoms with Gasteiger partial charge in [-0.2, -0.15) is 0 Å². The van der Waals surface area contributed by atoms with Crippen LogP contribution in [0.4, 0.5) is 0 Å². The molecule has 9 heteroatoms. The Labute approximate surface area is 215 Å². The van der Waals surface area contributed by atoms with Gasteiger partial charge in [-0.25, -0.2) is 4.98 Å². The Bertz CT molecular complexity index is 1250. The summed E-state index contributed by atoms with van der Waals surface area (Å²) in [6.45, 7) is 2.86. The van der Waals surface area contributed by atoms with E-state index in [0.29, 0.717) is 37.0 Å². The van der Waals surface area contributed by atoms with E-state index < -0.39 is 5.41 Å². The fourth-order valence-electron chi connectivity index (χ4n) is 5.51. The number of carbonyl (C=O) groups is 1. The Hall–Kier alpha value is -2.97. The van der Waals surface area contributed by atoms with Crippen LogP contribution in [-0.2, 0) is 22.4 Å². The molecular weight excluding hydrogens is 478 g/mol. The van der Waals surface area contributed by atoms with Gasteiger partial charge in [0.1, 0.15) is 17.8 Å². The number of nitrogens with zero attached hydrogens (tertiary/aromatic N) is 4. The van der Waals surface area contributed by atoms with Gasteiger partial charge < -0.3 is 14.8 Å². The van der Waals surface area contributed by atoms with E-state index in [-0.39, 0.29) is 24.0 Å². The number of aromatic nitrogens is 4. The number of ether oxygens (including phenoxy) is 2. The standard InChI is InChI=1S/C27H30ClN5O3/c1-27(15-35-16-27)26(34)30-20-13-18-12-19(28)7-10-22(18)33-23(14-20)31-32-25(33)17-5-8-21(9-6-17)36-24-4-2-3-11-29-24/h2-4,7,10-12,17,20-21H,5-6,8-9,13-16H2,1H3,(H,30,34)/t17-,20-,21-/m1/s1. The van der Waals surface area contributed by atoms with Crippen molar-refractivity contribution >= 4 is 17.5 Å². The summed E-state index contributed by atoms with van der Waals surface area (Å²) in [5.41, 5.74) is 1.68. The molecule has 2 aromatic heterocycles. The molecule has 188 valence electrons. The Morgan fingerprint density at radius 2 is 1.97 bits per heavy atom. The molecule has 1 saturated carbocycles. The highest BCUT2D eigenvalue weighted by molar-refractivity contribution is 6.30. The van der Waals surface area contributed by atoms with Crippen molar-refractivity contribution in [1.29, 1.82) is 0 Å². The molecule has 0 bridgehead atoms. The summed E-state index contributed by atoms with van der Waals surface area (Å²) in [5.74, 6) is 2.85. The van der Waals surface area contributed by atoms with E-state index in [9.17, 15) is 4.79 Å². The normalized spacial score (nSPS) is 24.6. The number of benzene rings is 1. The first-order valence-electron chi connectivity index (χ1n) is 12.7. The molecule has 2 fully saturated rings. The molecule has 1 atom stereocenters. The maximum atomic E-state index is 13.0. The number of halogens is 1. The van der Waals surface area contributed by atoms with Crippen LogP contribution in [0.25, 0.3) is 5.69 Å². The third-order valence-electron chi connectivity index (χ3n) is 7.62. The van der Waals surface area contributed by atoms with E-state index in [4.69, 9.17) is 21.1 Å². The summed E-state index contributed by atoms with van der Waals surface area (Å²) in [5, 5.41) is 13.2. The smallest absolute Gasteiger partial charge is 0.230 e. The average molecular weight is 508 g/mol. The van der Waals surface area contributed by atoms with Gasteiger partial charge in [-0.1, -0.05) is 17.7 Å². The Morgan fingerprint density at radius 3 is 2.69 bits per heavy atom. The second kappa shape index (κ2) is 9.48. The van der Waals surface area contributed by atoms with Crippen molar-refractivity contribution in [2.75, 3.05) is 13.2 Å². The molecule has 1 amide bonds. The highest BCUT2D eigenvalue weighted by Gasteiger charge is 2.42. The van der Waals surface area contributed by atoms with Gasteiger partial charge >= 0.3 is 0 Å². The van der Waals surface area contributed by atoms with Crippen LogP contribution >= 0.6 is 11.6 Å². The maximum Gasteiger partial charge on any atom is 0.230 e. The molecule has 1 aliphatic carbocycles. The molecule has 0 spiro atoms. The zero-order valence-electron chi connectivity index (χ0n) is 20.3. The van der Waals surface area contributed by atoms with Gasteiger partial charge in [-0.15, -0.1) is 10.2 Å². The summed E-state index contributed by atoms with van der Waals surface area (Å²) in [7, 11) is 0. The van der Waals surface area contributed by atoms with Crippen molar-refractivity contribution in [1.82, 2.24) is 25.1 Å². The highest BCUT2D eigenvalue weighted by Crippen LogP contribution is 2.37. The van der Waals surface area contributed by atoms with E-state index in [2.05, 4.69) is 31.1 Å². The highest BCUT2D eigenvalue weighted by atomic mass is 35.5. The first-order valence-corrected chi connectivity index (χ1v) is 13.1. The van der Waals surface area contributed by atoms with Crippen LogP contribution in [-0.4, -0.2) is 51.0 Å². The van der Waals surface area contributed by atoms with Gasteiger partial charge in [-0.3, -0.25) is 9.36 Å². The summed E-state index contributed by atoms with van der Waals surface area (Å²) in [4.78, 5) is 17.3. The van der Waals surface area contributed by atoms with E-state index in [1.807, 2.05) is 37.3 Å². The average Bonchev–Trinajstić information content (AvgIpc) is 3.20. The van der Waals surface area contributed by atoms with Crippen LogP contribution in [0.2, 0.25) is 5.02 Å². The van der Waals surface area contributed by atoms with Crippen molar-refractivity contribution < 1.29 is 14.3 Å². The molecule has 1 saturated heterocycles. The van der Waals surface area contributed by atoms with Gasteiger partial charge in [0, 0.05) is 35.7 Å². The van der Waals surface area contributed by atoms with Crippen LogP contribution in [0.3, 0.4) is 0 Å². The molecule has 0 unspecified atom stereocenters. The van der Waals surface area contributed by atoms with Gasteiger partial charge in [0.05, 0.1) is 24.3 Å². The summed E-state index contributed by atoms with van der Waals surface area (Å²) in [6.07, 6.45) is 7.03. The molecular formula is C27H30ClN5O3. The van der Waals surface area contributed by atoms with Gasteiger partial charge in [0.2, 0.25) is 11.8 Å². The molecule has 0 radical (unpaired) electrons. The third-order valence-corrected chi connectivity index (χ3v) is 7.86. The Kier molecular flexibility index (Phi) is 6.17. The molecule has 3 aromatic rings. The van der Waals surface area contributed by atoms with E-state index in [1.165, 1.54) is 0 Å². The molecule has 6 rings (SSSR count). The lowest BCUT2D eigenvalue weighted by Crippen LogP contribution is -2.54. The minimum absolute atomic E-state index is 0.0294. The number of hydrogen-bond donors (Lipinski definition) is 1. The zero-order valence-corrected chi connectivity index (χ0v) is 21.1. The zero-order chi connectivity index (χ0) is 24.7. The topological polar surface area (TPSA) is 91.2 Å². The summed E-state index contributed by atoms with van der Waals surface area (Å²) >= 11 is 6.40. The van der Waals surface area contributed by atoms with Gasteiger partial charge in [0.25, 0.3) is 0 Å². The Morgan fingerprint density at radius 1 is 1.14 bits per heavy atom. The number of fused-ring (bicyclic) bond motifs is 3. The number of rotatable bonds is 5. The second-order valence-electron chi connectivity index (χ2n) is 10.5. The predicted octanol–water partition coefficient (Wildman–Crippen LogP) is 4.04. The lowest BCUT2D eigenvalue weighted by atomic mass is 9.86. The quantitative estimate of drug-likeness (QED) is 0.560.